The zero-order valence-corrected chi connectivity index (χ0v) is 44.9. The maximum absolute atomic E-state index is 10.9. The average Bonchev–Trinajstić information content (AvgIpc) is 3.68. The topological polar surface area (TPSA) is 178 Å². The summed E-state index contributed by atoms with van der Waals surface area (Å²) in [7, 11) is -11.9. The van der Waals surface area contributed by atoms with E-state index >= 15 is 0 Å². The summed E-state index contributed by atoms with van der Waals surface area (Å²) >= 11 is 12.7. The minimum atomic E-state index is -4.38. The van der Waals surface area contributed by atoms with Gasteiger partial charge in [0.25, 0.3) is 20.2 Å². The van der Waals surface area contributed by atoms with Gasteiger partial charge in [-0.1, -0.05) is 140 Å². The smallest absolute Gasteiger partial charge is 0.744 e. The van der Waals surface area contributed by atoms with E-state index in [0.29, 0.717) is 17.3 Å². The van der Waals surface area contributed by atoms with Crippen LogP contribution in [0, 0.1) is 18.3 Å². The van der Waals surface area contributed by atoms with Crippen molar-refractivity contribution in [2.45, 2.75) is 102 Å². The first kappa shape index (κ1) is 59.3. The monoisotopic (exact) mass is 1030 g/mol. The molecule has 0 spiro atoms. The van der Waals surface area contributed by atoms with Gasteiger partial charge in [-0.15, -0.1) is 6.58 Å². The minimum Gasteiger partial charge on any atom is -0.744 e. The molecule has 11 nitrogen and oxygen atoms in total. The number of rotatable bonds is 8. The third-order valence-electron chi connectivity index (χ3n) is 10.9. The van der Waals surface area contributed by atoms with Gasteiger partial charge in [0.2, 0.25) is 0 Å². The van der Waals surface area contributed by atoms with E-state index < -0.39 is 40.9 Å². The molecule has 0 bridgehead atoms. The van der Waals surface area contributed by atoms with Crippen LogP contribution in [0.15, 0.2) is 139 Å². The summed E-state index contributed by atoms with van der Waals surface area (Å²) in [5, 5.41) is 1.42. The summed E-state index contributed by atoms with van der Waals surface area (Å²) in [6, 6.07) is 38.9. The van der Waals surface area contributed by atoms with Gasteiger partial charge in [0.15, 0.2) is 18.7 Å². The third kappa shape index (κ3) is 17.6. The van der Waals surface area contributed by atoms with Gasteiger partial charge in [0, 0.05) is 21.5 Å². The number of ether oxygens (including phenoxy) is 1. The molecule has 5 aromatic rings. The number of nitrogens with zero attached hydrogens (tertiary/aromatic N) is 1. The molecule has 0 aromatic heterocycles. The van der Waals surface area contributed by atoms with Gasteiger partial charge < -0.3 is 9.29 Å². The molecule has 2 heterocycles. The van der Waals surface area contributed by atoms with Crippen molar-refractivity contribution >= 4 is 108 Å². The second-order valence-electron chi connectivity index (χ2n) is 17.0. The van der Waals surface area contributed by atoms with Crippen molar-refractivity contribution in [2.24, 2.45) is 11.3 Å². The van der Waals surface area contributed by atoms with Crippen molar-refractivity contribution in [3.63, 3.8) is 0 Å². The SMILES string of the molecule is C=CC[C@@]1(C)C[C@H](c2cccc(Cl)c2)[C@@H](c2ccc(Cl)cc2)[N+]2=C1OC[C@@H]2C(C)C.CC(C)S(=O)(=O)O.CC(C)S(=O)(=O)O.Cc1ccccc1.O=S(=O)([O-])c1cccc2ccccc12.[Ca+2]. The summed E-state index contributed by atoms with van der Waals surface area (Å²) in [5.74, 6) is 1.87. The standard InChI is InChI=1S/C26H30Cl2NO.C10H8O3S.C7H8.2C3H8O3S.Ca/c1-5-13-26(4)15-22(19-7-6-8-21(28)14-19)24(18-9-11-20(27)12-10-18)29-23(17(2)3)16-30-25(26)29;11-14(12,13)10-7-3-5-8-4-1-2-6-9(8)10;1-7-5-3-2-4-6-7;2*1-3(2)7(4,5)6;/h5-12,14,17,22-24H,1,13,15-16H2,2-4H3;1-7H,(H,11,12,13);2-6H,1H3;2*3H,1-2H3,(H,4,5,6);/q+1;;;;;+2/p-1/t22-,23-,24-,26+;;;;;/m1...../s1. The van der Waals surface area contributed by atoms with Crippen LogP contribution in [0.25, 0.3) is 10.8 Å². The molecule has 0 unspecified atom stereocenters. The van der Waals surface area contributed by atoms with Crippen molar-refractivity contribution in [3.05, 3.63) is 161 Å². The first-order chi connectivity index (χ1) is 30.2. The summed E-state index contributed by atoms with van der Waals surface area (Å²) in [5.41, 5.74) is 3.76. The Bertz CT molecular complexity index is 2680. The Hall–Kier alpha value is -2.86. The van der Waals surface area contributed by atoms with E-state index in [1.807, 2.05) is 42.5 Å². The van der Waals surface area contributed by atoms with Crippen LogP contribution in [-0.4, -0.2) is 110 Å². The van der Waals surface area contributed by atoms with Gasteiger partial charge in [-0.25, -0.2) is 8.42 Å². The quantitative estimate of drug-likeness (QED) is 0.0658. The predicted molar refractivity (Wildman–Crippen MR) is 268 cm³/mol. The summed E-state index contributed by atoms with van der Waals surface area (Å²) in [6.07, 6.45) is 3.88. The maximum Gasteiger partial charge on any atom is 2.00 e. The van der Waals surface area contributed by atoms with E-state index in [0.717, 1.165) is 40.8 Å². The van der Waals surface area contributed by atoms with Crippen molar-refractivity contribution in [1.82, 2.24) is 0 Å². The third-order valence-corrected chi connectivity index (χ3v) is 14.6. The molecule has 354 valence electrons. The van der Waals surface area contributed by atoms with Gasteiger partial charge in [0.05, 0.1) is 26.7 Å². The molecule has 7 rings (SSSR count). The molecular formula is C49H61CaCl2NO10S3+2. The minimum absolute atomic E-state index is 0. The Kier molecular flexibility index (Phi) is 23.5. The molecule has 0 fully saturated rings. The zero-order chi connectivity index (χ0) is 48.9. The van der Waals surface area contributed by atoms with E-state index in [4.69, 9.17) is 37.0 Å². The fourth-order valence-corrected chi connectivity index (χ4v) is 8.23. The molecular weight excluding hydrogens is 970 g/mol. The number of hydrogen-bond acceptors (Lipinski definition) is 8. The van der Waals surface area contributed by atoms with E-state index in [2.05, 4.69) is 81.3 Å². The number of hydrogen-bond donors (Lipinski definition) is 2. The number of benzene rings is 5. The van der Waals surface area contributed by atoms with Crippen LogP contribution in [-0.2, 0) is 35.1 Å². The molecule has 0 radical (unpaired) electrons. The second-order valence-corrected chi connectivity index (χ2v) is 23.1. The van der Waals surface area contributed by atoms with E-state index in [1.54, 1.807) is 36.4 Å². The van der Waals surface area contributed by atoms with Gasteiger partial charge >= 0.3 is 43.6 Å². The van der Waals surface area contributed by atoms with Crippen molar-refractivity contribution < 1.29 is 48.2 Å². The molecule has 2 aliphatic rings. The van der Waals surface area contributed by atoms with Crippen LogP contribution in [0.1, 0.15) is 90.0 Å². The first-order valence-corrected chi connectivity index (χ1v) is 26.2. The molecule has 17 heteroatoms. The fraction of sp³-hybridized carbons (Fsp3) is 0.367. The molecule has 66 heavy (non-hydrogen) atoms. The zero-order valence-electron chi connectivity index (χ0n) is 38.7. The average molecular weight is 1030 g/mol. The molecule has 4 atom stereocenters. The molecule has 0 saturated heterocycles. The van der Waals surface area contributed by atoms with Gasteiger partial charge in [-0.3, -0.25) is 9.11 Å². The maximum atomic E-state index is 10.9. The van der Waals surface area contributed by atoms with E-state index in [1.165, 1.54) is 50.5 Å². The Labute approximate surface area is 432 Å². The fourth-order valence-electron chi connectivity index (χ4n) is 7.21. The first-order valence-electron chi connectivity index (χ1n) is 21.0. The number of halogens is 2. The largest absolute Gasteiger partial charge is 2.00 e. The molecule has 2 N–H and O–H groups in total. The van der Waals surface area contributed by atoms with Crippen LogP contribution in [0.2, 0.25) is 10.0 Å². The summed E-state index contributed by atoms with van der Waals surface area (Å²) in [6.45, 7) is 19.4. The predicted octanol–water partition coefficient (Wildman–Crippen LogP) is 11.2. The van der Waals surface area contributed by atoms with Gasteiger partial charge in [-0.2, -0.15) is 21.4 Å². The van der Waals surface area contributed by atoms with Crippen LogP contribution in [0.3, 0.4) is 0 Å². The van der Waals surface area contributed by atoms with Gasteiger partial charge in [0.1, 0.15) is 10.1 Å². The Morgan fingerprint density at radius 2 is 1.27 bits per heavy atom. The molecule has 0 saturated carbocycles. The normalized spacial score (nSPS) is 19.0. The summed E-state index contributed by atoms with van der Waals surface area (Å²) < 4.78 is 97.3. The molecule has 0 amide bonds. The molecule has 2 aliphatic heterocycles. The van der Waals surface area contributed by atoms with Gasteiger partial charge in [-0.05, 0) is 101 Å². The number of allylic oxidation sites excluding steroid dienone is 1. The second kappa shape index (κ2) is 26.2. The van der Waals surface area contributed by atoms with Crippen LogP contribution in [0.4, 0.5) is 0 Å². The summed E-state index contributed by atoms with van der Waals surface area (Å²) in [4.78, 5) is -0.157. The van der Waals surface area contributed by atoms with Crippen LogP contribution >= 0.6 is 23.2 Å². The number of fused-ring (bicyclic) bond motifs is 1. The Balaban J connectivity index is 0.000000341. The Morgan fingerprint density at radius 3 is 1.74 bits per heavy atom. The van der Waals surface area contributed by atoms with Crippen molar-refractivity contribution in [1.29, 1.82) is 0 Å². The molecule has 5 aromatic carbocycles. The van der Waals surface area contributed by atoms with Crippen molar-refractivity contribution in [2.75, 3.05) is 6.61 Å². The Morgan fingerprint density at radius 1 is 0.758 bits per heavy atom. The van der Waals surface area contributed by atoms with Crippen LogP contribution in [0.5, 0.6) is 0 Å². The van der Waals surface area contributed by atoms with Crippen molar-refractivity contribution in [3.8, 4) is 0 Å². The molecule has 0 aliphatic carbocycles. The van der Waals surface area contributed by atoms with Crippen LogP contribution < -0.4 is 0 Å². The van der Waals surface area contributed by atoms with E-state index in [-0.39, 0.29) is 60.0 Å². The van der Waals surface area contributed by atoms with E-state index in [9.17, 15) is 29.8 Å². The number of aryl methyl sites for hydroxylation is 1.